The van der Waals surface area contributed by atoms with Crippen molar-refractivity contribution in [2.24, 2.45) is 16.2 Å². The Hall–Kier alpha value is -0.280. The van der Waals surface area contributed by atoms with E-state index in [2.05, 4.69) is 20.8 Å². The van der Waals surface area contributed by atoms with Crippen LogP contribution in [-0.2, 0) is 28.4 Å². The van der Waals surface area contributed by atoms with Crippen molar-refractivity contribution < 1.29 is 33.5 Å². The molecule has 0 amide bonds. The van der Waals surface area contributed by atoms with Gasteiger partial charge in [0.05, 0.1) is 59.5 Å². The highest BCUT2D eigenvalue weighted by Crippen LogP contribution is 2.29. The zero-order valence-corrected chi connectivity index (χ0v) is 22.0. The third-order valence-corrected chi connectivity index (χ3v) is 6.62. The van der Waals surface area contributed by atoms with Crippen LogP contribution in [0, 0.1) is 16.2 Å². The van der Waals surface area contributed by atoms with E-state index in [0.717, 1.165) is 38.7 Å². The second kappa shape index (κ2) is 18.1. The third-order valence-electron chi connectivity index (χ3n) is 6.62. The van der Waals surface area contributed by atoms with E-state index in [4.69, 9.17) is 28.4 Å². The van der Waals surface area contributed by atoms with Gasteiger partial charge in [-0.05, 0) is 25.7 Å². The molecule has 0 heterocycles. The molecule has 0 saturated heterocycles. The maximum Gasteiger partial charge on any atom is 0.0566 e. The van der Waals surface area contributed by atoms with Gasteiger partial charge in [0.15, 0.2) is 0 Å². The first-order chi connectivity index (χ1) is 15.4. The Morgan fingerprint density at radius 1 is 0.531 bits per heavy atom. The van der Waals surface area contributed by atoms with Crippen LogP contribution in [0.2, 0.25) is 0 Å². The molecule has 0 saturated carbocycles. The summed E-state index contributed by atoms with van der Waals surface area (Å²) in [5.41, 5.74) is -0.803. The van der Waals surface area contributed by atoms with Crippen molar-refractivity contribution in [2.75, 3.05) is 87.4 Å². The van der Waals surface area contributed by atoms with E-state index >= 15 is 0 Å². The Kier molecular flexibility index (Phi) is 17.9. The first-order valence-electron chi connectivity index (χ1n) is 12.2. The van der Waals surface area contributed by atoms with Gasteiger partial charge in [0.2, 0.25) is 0 Å². The molecule has 0 aromatic heterocycles. The molecule has 0 aliphatic heterocycles. The van der Waals surface area contributed by atoms with Crippen molar-refractivity contribution in [1.29, 1.82) is 0 Å². The highest BCUT2D eigenvalue weighted by Gasteiger charge is 2.35. The fourth-order valence-electron chi connectivity index (χ4n) is 3.73. The number of aliphatic hydroxyl groups excluding tert-OH is 1. The fourth-order valence-corrected chi connectivity index (χ4v) is 3.73. The molecule has 0 fully saturated rings. The summed E-state index contributed by atoms with van der Waals surface area (Å²) in [5, 5.41) is 9.88. The molecule has 0 spiro atoms. The molecular formula is C25H52O7. The fraction of sp³-hybridized carbons (Fsp3) is 1.00. The van der Waals surface area contributed by atoms with Gasteiger partial charge < -0.3 is 33.5 Å². The number of methoxy groups -OCH3 is 3. The Bertz CT molecular complexity index is 431. The molecule has 0 aliphatic carbocycles. The molecule has 0 bridgehead atoms. The summed E-state index contributed by atoms with van der Waals surface area (Å²) in [7, 11) is 5.09. The van der Waals surface area contributed by atoms with Gasteiger partial charge in [0, 0.05) is 44.2 Å². The predicted octanol–water partition coefficient (Wildman–Crippen LogP) is 3.96. The average molecular weight is 465 g/mol. The highest BCUT2D eigenvalue weighted by atomic mass is 16.5. The molecule has 3 unspecified atom stereocenters. The van der Waals surface area contributed by atoms with E-state index in [9.17, 15) is 5.11 Å². The van der Waals surface area contributed by atoms with E-state index in [1.807, 2.05) is 6.92 Å². The molecule has 3 atom stereocenters. The number of aliphatic hydroxyl groups is 1. The molecule has 0 aromatic rings. The Balaban J connectivity index is 5.04. The number of unbranched alkanes of at least 4 members (excludes halogenated alkanes) is 1. The summed E-state index contributed by atoms with van der Waals surface area (Å²) < 4.78 is 34.8. The molecule has 0 rings (SSSR count). The van der Waals surface area contributed by atoms with E-state index in [-0.39, 0.29) is 22.9 Å². The Morgan fingerprint density at radius 2 is 0.906 bits per heavy atom. The van der Waals surface area contributed by atoms with E-state index < -0.39 is 0 Å². The van der Waals surface area contributed by atoms with Crippen molar-refractivity contribution in [1.82, 2.24) is 0 Å². The molecule has 194 valence electrons. The summed E-state index contributed by atoms with van der Waals surface area (Å²) in [5.74, 6) is 0. The van der Waals surface area contributed by atoms with Crippen LogP contribution in [0.4, 0.5) is 0 Å². The topological polar surface area (TPSA) is 75.6 Å². The minimum Gasteiger partial charge on any atom is -0.396 e. The summed E-state index contributed by atoms with van der Waals surface area (Å²) in [4.78, 5) is 0. The molecule has 0 radical (unpaired) electrons. The van der Waals surface area contributed by atoms with Gasteiger partial charge in [0.25, 0.3) is 0 Å². The molecule has 0 aliphatic rings. The molecule has 1 N–H and O–H groups in total. The first kappa shape index (κ1) is 31.7. The highest BCUT2D eigenvalue weighted by molar-refractivity contribution is 4.82. The van der Waals surface area contributed by atoms with Crippen molar-refractivity contribution in [3.63, 3.8) is 0 Å². The Morgan fingerprint density at radius 3 is 1.25 bits per heavy atom. The van der Waals surface area contributed by atoms with Gasteiger partial charge in [-0.2, -0.15) is 0 Å². The molecule has 0 aromatic carbocycles. The lowest BCUT2D eigenvalue weighted by Gasteiger charge is -2.37. The predicted molar refractivity (Wildman–Crippen MR) is 128 cm³/mol. The van der Waals surface area contributed by atoms with Crippen LogP contribution in [0.15, 0.2) is 0 Å². The zero-order valence-electron chi connectivity index (χ0n) is 22.0. The summed E-state index contributed by atoms with van der Waals surface area (Å²) in [6.45, 7) is 13.6. The first-order valence-corrected chi connectivity index (χ1v) is 12.2. The summed E-state index contributed by atoms with van der Waals surface area (Å²) >= 11 is 0. The van der Waals surface area contributed by atoms with Crippen molar-refractivity contribution in [3.8, 4) is 0 Å². The van der Waals surface area contributed by atoms with E-state index in [1.54, 1.807) is 21.3 Å². The number of ether oxygens (including phenoxy) is 6. The van der Waals surface area contributed by atoms with Gasteiger partial charge in [-0.1, -0.05) is 34.1 Å². The van der Waals surface area contributed by atoms with Crippen LogP contribution in [0.1, 0.15) is 59.8 Å². The number of hydrogen-bond acceptors (Lipinski definition) is 7. The minimum atomic E-state index is -0.381. The Labute approximate surface area is 197 Å². The lowest BCUT2D eigenvalue weighted by molar-refractivity contribution is -0.117. The summed E-state index contributed by atoms with van der Waals surface area (Å²) in [6.07, 6.45) is 4.74. The molecule has 7 nitrogen and oxygen atoms in total. The van der Waals surface area contributed by atoms with Gasteiger partial charge in [-0.3, -0.25) is 0 Å². The largest absolute Gasteiger partial charge is 0.396 e. The molecule has 32 heavy (non-hydrogen) atoms. The van der Waals surface area contributed by atoms with Gasteiger partial charge >= 0.3 is 0 Å². The van der Waals surface area contributed by atoms with Crippen molar-refractivity contribution in [2.45, 2.75) is 59.8 Å². The number of rotatable bonds is 23. The van der Waals surface area contributed by atoms with E-state index in [0.29, 0.717) is 52.9 Å². The van der Waals surface area contributed by atoms with Gasteiger partial charge in [0.1, 0.15) is 0 Å². The quantitative estimate of drug-likeness (QED) is 0.229. The average Bonchev–Trinajstić information content (AvgIpc) is 2.81. The normalized spacial score (nSPS) is 17.6. The van der Waals surface area contributed by atoms with Gasteiger partial charge in [-0.25, -0.2) is 0 Å². The minimum absolute atomic E-state index is 0.0330. The maximum atomic E-state index is 9.88. The molecular weight excluding hydrogens is 412 g/mol. The standard InChI is InChI=1S/C25H52O7/c1-8-12-13-30-19-24(10-3,16-28-6)20-32-22-25(11-4,17-29-7)21-31-18-23(9-2,14-26)15-27-5/h26H,8-22H2,1-7H3. The van der Waals surface area contributed by atoms with Crippen LogP contribution in [0.3, 0.4) is 0 Å². The van der Waals surface area contributed by atoms with Crippen LogP contribution in [0.25, 0.3) is 0 Å². The maximum absolute atomic E-state index is 9.88. The van der Waals surface area contributed by atoms with Crippen LogP contribution < -0.4 is 0 Å². The van der Waals surface area contributed by atoms with Crippen molar-refractivity contribution in [3.05, 3.63) is 0 Å². The smallest absolute Gasteiger partial charge is 0.0566 e. The lowest BCUT2D eigenvalue weighted by Crippen LogP contribution is -2.42. The monoisotopic (exact) mass is 464 g/mol. The van der Waals surface area contributed by atoms with Crippen LogP contribution >= 0.6 is 0 Å². The van der Waals surface area contributed by atoms with Crippen molar-refractivity contribution >= 4 is 0 Å². The second-order valence-corrected chi connectivity index (χ2v) is 9.41. The number of hydrogen-bond donors (Lipinski definition) is 1. The van der Waals surface area contributed by atoms with Gasteiger partial charge in [-0.15, -0.1) is 0 Å². The van der Waals surface area contributed by atoms with Crippen LogP contribution in [-0.4, -0.2) is 92.5 Å². The second-order valence-electron chi connectivity index (χ2n) is 9.41. The molecule has 7 heteroatoms. The zero-order chi connectivity index (χ0) is 24.3. The lowest BCUT2D eigenvalue weighted by atomic mass is 9.85. The van der Waals surface area contributed by atoms with E-state index in [1.165, 1.54) is 0 Å². The third kappa shape index (κ3) is 11.2. The SMILES string of the molecule is CCCCOCC(CC)(COC)COCC(CC)(COC)COCC(CC)(CO)COC. The van der Waals surface area contributed by atoms with Crippen LogP contribution in [0.5, 0.6) is 0 Å². The summed E-state index contributed by atoms with van der Waals surface area (Å²) in [6, 6.07) is 0.